The van der Waals surface area contributed by atoms with Crippen molar-refractivity contribution < 1.29 is 0 Å². The molecular formula is C20H22N4S. The minimum Gasteiger partial charge on any atom is -0.340 e. The Labute approximate surface area is 152 Å². The summed E-state index contributed by atoms with van der Waals surface area (Å²) < 4.78 is 0. The highest BCUT2D eigenvalue weighted by Crippen LogP contribution is 2.23. The number of likely N-dealkylation sites (tertiary alicyclic amines) is 1. The number of thioether (sulfide) groups is 1. The van der Waals surface area contributed by atoms with Gasteiger partial charge in [-0.25, -0.2) is 9.97 Å². The summed E-state index contributed by atoms with van der Waals surface area (Å²) in [5.74, 6) is 1.81. The van der Waals surface area contributed by atoms with Crippen molar-refractivity contribution in [3.63, 3.8) is 0 Å². The van der Waals surface area contributed by atoms with Crippen molar-refractivity contribution >= 4 is 34.0 Å². The number of hydrogen-bond acceptors (Lipinski definition) is 5. The smallest absolute Gasteiger partial charge is 0.190 e. The molecule has 1 aliphatic rings. The number of hydrogen-bond donors (Lipinski definition) is 1. The zero-order valence-corrected chi connectivity index (χ0v) is 15.0. The maximum absolute atomic E-state index is 4.65. The average Bonchev–Trinajstić information content (AvgIpc) is 2.67. The van der Waals surface area contributed by atoms with E-state index in [4.69, 9.17) is 0 Å². The van der Waals surface area contributed by atoms with E-state index in [1.54, 1.807) is 11.8 Å². The van der Waals surface area contributed by atoms with Crippen LogP contribution in [0.4, 0.5) is 11.5 Å². The van der Waals surface area contributed by atoms with Gasteiger partial charge < -0.3 is 5.32 Å². The van der Waals surface area contributed by atoms with Crippen LogP contribution < -0.4 is 5.32 Å². The van der Waals surface area contributed by atoms with Crippen LogP contribution in [0, 0.1) is 0 Å². The molecule has 1 fully saturated rings. The van der Waals surface area contributed by atoms with Gasteiger partial charge >= 0.3 is 0 Å². The van der Waals surface area contributed by atoms with E-state index < -0.39 is 0 Å². The Balaban J connectivity index is 1.43. The lowest BCUT2D eigenvalue weighted by Gasteiger charge is -2.25. The number of piperidine rings is 1. The van der Waals surface area contributed by atoms with Gasteiger partial charge in [0.2, 0.25) is 0 Å². The molecule has 0 unspecified atom stereocenters. The fraction of sp³-hybridized carbons (Fsp3) is 0.300. The summed E-state index contributed by atoms with van der Waals surface area (Å²) >= 11 is 1.72. The number of nitrogens with one attached hydrogen (secondary N) is 1. The van der Waals surface area contributed by atoms with Crippen molar-refractivity contribution in [3.8, 4) is 0 Å². The molecule has 5 heteroatoms. The van der Waals surface area contributed by atoms with Crippen LogP contribution in [0.15, 0.2) is 59.9 Å². The zero-order chi connectivity index (χ0) is 16.9. The number of aromatic nitrogens is 2. The summed E-state index contributed by atoms with van der Waals surface area (Å²) in [5, 5.41) is 6.69. The van der Waals surface area contributed by atoms with Gasteiger partial charge in [0.25, 0.3) is 0 Å². The Hall–Kier alpha value is -2.11. The van der Waals surface area contributed by atoms with Gasteiger partial charge in [0.15, 0.2) is 5.16 Å². The summed E-state index contributed by atoms with van der Waals surface area (Å²) in [4.78, 5) is 11.5. The molecule has 0 atom stereocenters. The third kappa shape index (κ3) is 4.30. The van der Waals surface area contributed by atoms with Gasteiger partial charge in [-0.3, -0.25) is 4.90 Å². The standard InChI is InChI=1S/C20H22N4S/c1-4-12-24(13-5-1)15-25-20-21-11-10-19(23-20)22-18-9-8-16-6-2-3-7-17(16)14-18/h2-3,6-11,14H,1,4-5,12-13,15H2,(H,21,22,23). The second kappa shape index (κ2) is 7.85. The van der Waals surface area contributed by atoms with Crippen molar-refractivity contribution in [2.45, 2.75) is 24.4 Å². The first-order valence-electron chi connectivity index (χ1n) is 8.81. The topological polar surface area (TPSA) is 41.1 Å². The lowest BCUT2D eigenvalue weighted by Crippen LogP contribution is -2.29. The van der Waals surface area contributed by atoms with Crippen LogP contribution in [0.25, 0.3) is 10.8 Å². The lowest BCUT2D eigenvalue weighted by molar-refractivity contribution is 0.266. The van der Waals surface area contributed by atoms with E-state index in [1.807, 2.05) is 12.3 Å². The van der Waals surface area contributed by atoms with Crippen LogP contribution >= 0.6 is 11.8 Å². The van der Waals surface area contributed by atoms with Crippen LogP contribution in [0.2, 0.25) is 0 Å². The van der Waals surface area contributed by atoms with E-state index in [9.17, 15) is 0 Å². The molecule has 4 nitrogen and oxygen atoms in total. The molecule has 0 amide bonds. The minimum atomic E-state index is 0.830. The summed E-state index contributed by atoms with van der Waals surface area (Å²) in [7, 11) is 0. The molecule has 0 saturated carbocycles. The molecule has 1 aliphatic heterocycles. The monoisotopic (exact) mass is 350 g/mol. The van der Waals surface area contributed by atoms with Crippen LogP contribution in [0.3, 0.4) is 0 Å². The first-order chi connectivity index (χ1) is 12.4. The summed E-state index contributed by atoms with van der Waals surface area (Å²) in [6.45, 7) is 2.39. The molecule has 128 valence electrons. The Bertz CT molecular complexity index is 846. The predicted molar refractivity (Wildman–Crippen MR) is 105 cm³/mol. The van der Waals surface area contributed by atoms with Gasteiger partial charge in [-0.1, -0.05) is 48.5 Å². The number of anilines is 2. The summed E-state index contributed by atoms with van der Waals surface area (Å²) in [6.07, 6.45) is 5.81. The fourth-order valence-corrected chi connectivity index (χ4v) is 3.99. The second-order valence-electron chi connectivity index (χ2n) is 6.36. The predicted octanol–water partition coefficient (Wildman–Crippen LogP) is 4.91. The first kappa shape index (κ1) is 16.4. The van der Waals surface area contributed by atoms with Crippen LogP contribution in [-0.4, -0.2) is 33.8 Å². The zero-order valence-electron chi connectivity index (χ0n) is 14.2. The minimum absolute atomic E-state index is 0.830. The molecule has 3 aromatic rings. The van der Waals surface area contributed by atoms with Crippen molar-refractivity contribution in [1.82, 2.24) is 14.9 Å². The van der Waals surface area contributed by atoms with Gasteiger partial charge in [-0.2, -0.15) is 0 Å². The van der Waals surface area contributed by atoms with Gasteiger partial charge in [0, 0.05) is 11.9 Å². The van der Waals surface area contributed by atoms with Crippen molar-refractivity contribution in [2.75, 3.05) is 24.3 Å². The number of benzene rings is 2. The maximum Gasteiger partial charge on any atom is 0.190 e. The third-order valence-corrected chi connectivity index (χ3v) is 5.43. The van der Waals surface area contributed by atoms with E-state index in [0.717, 1.165) is 22.5 Å². The summed E-state index contributed by atoms with van der Waals surface area (Å²) in [5.41, 5.74) is 1.05. The third-order valence-electron chi connectivity index (χ3n) is 4.48. The average molecular weight is 350 g/mol. The molecule has 4 rings (SSSR count). The second-order valence-corrected chi connectivity index (χ2v) is 7.28. The van der Waals surface area contributed by atoms with Gasteiger partial charge in [-0.05, 0) is 54.9 Å². The number of nitrogens with zero attached hydrogens (tertiary/aromatic N) is 3. The molecule has 0 spiro atoms. The fourth-order valence-electron chi connectivity index (χ4n) is 3.13. The molecular weight excluding hydrogens is 328 g/mol. The molecule has 2 aromatic carbocycles. The Morgan fingerprint density at radius 3 is 2.68 bits per heavy atom. The van der Waals surface area contributed by atoms with Crippen LogP contribution in [0.1, 0.15) is 19.3 Å². The van der Waals surface area contributed by atoms with Crippen molar-refractivity contribution in [3.05, 3.63) is 54.7 Å². The number of fused-ring (bicyclic) bond motifs is 1. The van der Waals surface area contributed by atoms with E-state index >= 15 is 0 Å². The Kier molecular flexibility index (Phi) is 5.14. The van der Waals surface area contributed by atoms with E-state index in [0.29, 0.717) is 0 Å². The van der Waals surface area contributed by atoms with E-state index in [-0.39, 0.29) is 0 Å². The Morgan fingerprint density at radius 1 is 0.960 bits per heavy atom. The Morgan fingerprint density at radius 2 is 1.80 bits per heavy atom. The van der Waals surface area contributed by atoms with Gasteiger partial charge in [0.05, 0.1) is 5.88 Å². The van der Waals surface area contributed by atoms with Gasteiger partial charge in [-0.15, -0.1) is 0 Å². The van der Waals surface area contributed by atoms with Crippen molar-refractivity contribution in [2.24, 2.45) is 0 Å². The molecule has 0 aliphatic carbocycles. The highest BCUT2D eigenvalue weighted by atomic mass is 32.2. The normalized spacial score (nSPS) is 15.4. The SMILES string of the molecule is c1ccc2cc(Nc3ccnc(SCN4CCCCC4)n3)ccc2c1. The molecule has 1 N–H and O–H groups in total. The highest BCUT2D eigenvalue weighted by Gasteiger charge is 2.11. The largest absolute Gasteiger partial charge is 0.340 e. The molecule has 1 aromatic heterocycles. The number of rotatable bonds is 5. The molecule has 1 saturated heterocycles. The van der Waals surface area contributed by atoms with E-state index in [2.05, 4.69) is 62.6 Å². The molecule has 25 heavy (non-hydrogen) atoms. The van der Waals surface area contributed by atoms with Crippen LogP contribution in [0.5, 0.6) is 0 Å². The van der Waals surface area contributed by atoms with Crippen molar-refractivity contribution in [1.29, 1.82) is 0 Å². The molecule has 0 bridgehead atoms. The van der Waals surface area contributed by atoms with Gasteiger partial charge in [0.1, 0.15) is 5.82 Å². The molecule has 0 radical (unpaired) electrons. The first-order valence-corrected chi connectivity index (χ1v) is 9.79. The summed E-state index contributed by atoms with van der Waals surface area (Å²) in [6, 6.07) is 16.7. The van der Waals surface area contributed by atoms with E-state index in [1.165, 1.54) is 43.1 Å². The highest BCUT2D eigenvalue weighted by molar-refractivity contribution is 7.99. The van der Waals surface area contributed by atoms with Crippen LogP contribution in [-0.2, 0) is 0 Å². The lowest BCUT2D eigenvalue weighted by atomic mass is 10.1. The maximum atomic E-state index is 4.65. The quantitative estimate of drug-likeness (QED) is 0.523. The molecule has 2 heterocycles.